The van der Waals surface area contributed by atoms with Gasteiger partial charge in [-0.15, -0.1) is 0 Å². The van der Waals surface area contributed by atoms with Crippen LogP contribution in [0.5, 0.6) is 0 Å². The monoisotopic (exact) mass is 308 g/mol. The molecule has 0 saturated heterocycles. The Morgan fingerprint density at radius 2 is 2.06 bits per heavy atom. The molecule has 3 rings (SSSR count). The molecule has 2 fully saturated rings. The summed E-state index contributed by atoms with van der Waals surface area (Å²) in [6, 6.07) is 8.37. The molecule has 2 unspecified atom stereocenters. The average molecular weight is 309 g/mol. The van der Waals surface area contributed by atoms with Crippen molar-refractivity contribution >= 4 is 15.9 Å². The molecule has 2 saturated carbocycles. The summed E-state index contributed by atoms with van der Waals surface area (Å²) in [4.78, 5) is 0. The van der Waals surface area contributed by atoms with Crippen molar-refractivity contribution in [3.05, 3.63) is 34.3 Å². The highest BCUT2D eigenvalue weighted by Gasteiger charge is 2.40. The van der Waals surface area contributed by atoms with Crippen molar-refractivity contribution in [1.82, 2.24) is 0 Å². The highest BCUT2D eigenvalue weighted by molar-refractivity contribution is 9.10. The molecule has 0 amide bonds. The van der Waals surface area contributed by atoms with Crippen LogP contribution in [0.4, 0.5) is 0 Å². The van der Waals surface area contributed by atoms with Gasteiger partial charge >= 0.3 is 0 Å². The van der Waals surface area contributed by atoms with Crippen LogP contribution in [-0.4, -0.2) is 10.7 Å². The van der Waals surface area contributed by atoms with Crippen LogP contribution >= 0.6 is 15.9 Å². The molecule has 1 aromatic carbocycles. The van der Waals surface area contributed by atoms with E-state index in [1.165, 1.54) is 31.2 Å². The van der Waals surface area contributed by atoms with Crippen molar-refractivity contribution < 1.29 is 5.11 Å². The summed E-state index contributed by atoms with van der Waals surface area (Å²) in [7, 11) is 0. The maximum absolute atomic E-state index is 10.8. The molecule has 1 aromatic rings. The number of rotatable bonds is 3. The van der Waals surface area contributed by atoms with Crippen molar-refractivity contribution in [3.63, 3.8) is 0 Å². The molecule has 18 heavy (non-hydrogen) atoms. The number of hydrogen-bond acceptors (Lipinski definition) is 1. The molecule has 0 spiro atoms. The highest BCUT2D eigenvalue weighted by atomic mass is 79.9. The Balaban J connectivity index is 1.69. The number of aliphatic hydroxyl groups is 1. The normalized spacial score (nSPS) is 32.4. The first-order valence-corrected chi connectivity index (χ1v) is 7.91. The van der Waals surface area contributed by atoms with E-state index in [1.54, 1.807) is 0 Å². The Hall–Kier alpha value is -0.340. The lowest BCUT2D eigenvalue weighted by atomic mass is 9.73. The molecule has 0 aliphatic heterocycles. The summed E-state index contributed by atoms with van der Waals surface area (Å²) < 4.78 is 1.11. The Bertz CT molecular complexity index is 427. The second-order valence-electron chi connectivity index (χ2n) is 6.22. The van der Waals surface area contributed by atoms with Gasteiger partial charge < -0.3 is 5.11 Å². The van der Waals surface area contributed by atoms with E-state index in [0.717, 1.165) is 35.6 Å². The zero-order chi connectivity index (χ0) is 12.6. The van der Waals surface area contributed by atoms with Crippen LogP contribution < -0.4 is 0 Å². The molecule has 2 aliphatic carbocycles. The van der Waals surface area contributed by atoms with Crippen LogP contribution in [0.15, 0.2) is 28.7 Å². The molecule has 1 nitrogen and oxygen atoms in total. The van der Waals surface area contributed by atoms with E-state index in [2.05, 4.69) is 34.1 Å². The van der Waals surface area contributed by atoms with Crippen LogP contribution in [0.1, 0.15) is 44.1 Å². The Labute approximate surface area is 118 Å². The van der Waals surface area contributed by atoms with Crippen molar-refractivity contribution in [2.75, 3.05) is 0 Å². The van der Waals surface area contributed by atoms with Gasteiger partial charge in [-0.25, -0.2) is 0 Å². The fourth-order valence-corrected chi connectivity index (χ4v) is 3.99. The fourth-order valence-electron chi connectivity index (χ4n) is 3.54. The smallest absolute Gasteiger partial charge is 0.0690 e. The molecule has 2 aliphatic rings. The van der Waals surface area contributed by atoms with Crippen molar-refractivity contribution in [1.29, 1.82) is 0 Å². The maximum Gasteiger partial charge on any atom is 0.0690 e. The zero-order valence-corrected chi connectivity index (χ0v) is 12.3. The van der Waals surface area contributed by atoms with Gasteiger partial charge in [0, 0.05) is 10.9 Å². The molecule has 0 bridgehead atoms. The van der Waals surface area contributed by atoms with Gasteiger partial charge in [-0.05, 0) is 61.6 Å². The zero-order valence-electron chi connectivity index (χ0n) is 10.7. The molecule has 2 heteroatoms. The van der Waals surface area contributed by atoms with Crippen LogP contribution in [-0.2, 0) is 6.42 Å². The lowest BCUT2D eigenvalue weighted by molar-refractivity contribution is -0.0195. The van der Waals surface area contributed by atoms with Crippen molar-refractivity contribution in [2.45, 2.75) is 50.5 Å². The minimum Gasteiger partial charge on any atom is -0.390 e. The third-order valence-electron chi connectivity index (χ3n) is 4.57. The maximum atomic E-state index is 10.8. The second kappa shape index (κ2) is 4.97. The van der Waals surface area contributed by atoms with E-state index in [-0.39, 0.29) is 0 Å². The summed E-state index contributed by atoms with van der Waals surface area (Å²) in [5.41, 5.74) is 0.801. The highest BCUT2D eigenvalue weighted by Crippen LogP contribution is 2.47. The largest absolute Gasteiger partial charge is 0.390 e. The third kappa shape index (κ3) is 2.97. The standard InChI is InChI=1S/C16H21BrO/c17-15-5-1-3-12(9-15)10-16(18)8-2-4-14(11-16)13-6-7-13/h1,3,5,9,13-14,18H,2,4,6-8,10-11H2. The molecule has 0 aromatic heterocycles. The minimum atomic E-state index is -0.452. The van der Waals surface area contributed by atoms with Crippen LogP contribution in [0.2, 0.25) is 0 Å². The summed E-state index contributed by atoms with van der Waals surface area (Å²) in [6.45, 7) is 0. The summed E-state index contributed by atoms with van der Waals surface area (Å²) in [5.74, 6) is 1.72. The quantitative estimate of drug-likeness (QED) is 0.881. The topological polar surface area (TPSA) is 20.2 Å². The van der Waals surface area contributed by atoms with E-state index < -0.39 is 5.60 Å². The van der Waals surface area contributed by atoms with Gasteiger partial charge in [-0.3, -0.25) is 0 Å². The SMILES string of the molecule is OC1(Cc2cccc(Br)c2)CCCC(C2CC2)C1. The van der Waals surface area contributed by atoms with Gasteiger partial charge in [0.2, 0.25) is 0 Å². The first-order valence-electron chi connectivity index (χ1n) is 7.11. The van der Waals surface area contributed by atoms with Gasteiger partial charge in [0.1, 0.15) is 0 Å². The van der Waals surface area contributed by atoms with E-state index in [4.69, 9.17) is 0 Å². The Kier molecular flexibility index (Phi) is 3.50. The predicted molar refractivity (Wildman–Crippen MR) is 77.5 cm³/mol. The molecular formula is C16H21BrO. The average Bonchev–Trinajstić information content (AvgIpc) is 3.12. The predicted octanol–water partition coefficient (Wildman–Crippen LogP) is 4.32. The first-order chi connectivity index (χ1) is 8.65. The van der Waals surface area contributed by atoms with Crippen molar-refractivity contribution in [3.8, 4) is 0 Å². The lowest BCUT2D eigenvalue weighted by Gasteiger charge is -2.37. The van der Waals surface area contributed by atoms with Gasteiger partial charge in [-0.2, -0.15) is 0 Å². The van der Waals surface area contributed by atoms with Crippen molar-refractivity contribution in [2.24, 2.45) is 11.8 Å². The van der Waals surface area contributed by atoms with Crippen LogP contribution in [0, 0.1) is 11.8 Å². The fraction of sp³-hybridized carbons (Fsp3) is 0.625. The van der Waals surface area contributed by atoms with E-state index in [9.17, 15) is 5.11 Å². The molecule has 0 radical (unpaired) electrons. The van der Waals surface area contributed by atoms with Crippen LogP contribution in [0.3, 0.4) is 0 Å². The number of hydrogen-bond donors (Lipinski definition) is 1. The second-order valence-corrected chi connectivity index (χ2v) is 7.14. The van der Waals surface area contributed by atoms with Gasteiger partial charge in [0.05, 0.1) is 5.60 Å². The Morgan fingerprint density at radius 3 is 2.78 bits per heavy atom. The molecular weight excluding hydrogens is 288 g/mol. The Morgan fingerprint density at radius 1 is 1.22 bits per heavy atom. The summed E-state index contributed by atoms with van der Waals surface area (Å²) in [6.07, 6.45) is 8.15. The van der Waals surface area contributed by atoms with E-state index >= 15 is 0 Å². The minimum absolute atomic E-state index is 0.452. The molecule has 0 heterocycles. The van der Waals surface area contributed by atoms with Gasteiger partial charge in [0.15, 0.2) is 0 Å². The third-order valence-corrected chi connectivity index (χ3v) is 5.06. The van der Waals surface area contributed by atoms with Crippen LogP contribution in [0.25, 0.3) is 0 Å². The first kappa shape index (κ1) is 12.7. The molecule has 98 valence electrons. The lowest BCUT2D eigenvalue weighted by Crippen LogP contribution is -2.38. The van der Waals surface area contributed by atoms with E-state index in [0.29, 0.717) is 0 Å². The summed E-state index contributed by atoms with van der Waals surface area (Å²) in [5, 5.41) is 10.8. The summed E-state index contributed by atoms with van der Waals surface area (Å²) >= 11 is 3.51. The van der Waals surface area contributed by atoms with E-state index in [1.807, 2.05) is 6.07 Å². The van der Waals surface area contributed by atoms with Gasteiger partial charge in [0.25, 0.3) is 0 Å². The number of benzene rings is 1. The number of halogens is 1. The molecule has 1 N–H and O–H groups in total. The van der Waals surface area contributed by atoms with Gasteiger partial charge in [-0.1, -0.05) is 34.5 Å². The molecule has 2 atom stereocenters.